The number of hydrogen-bond donors (Lipinski definition) is 3. The highest BCUT2D eigenvalue weighted by Crippen LogP contribution is 2.42. The van der Waals surface area contributed by atoms with Crippen molar-refractivity contribution in [3.8, 4) is 6.07 Å². The van der Waals surface area contributed by atoms with E-state index in [-0.39, 0.29) is 35.7 Å². The van der Waals surface area contributed by atoms with Crippen molar-refractivity contribution in [2.75, 3.05) is 11.9 Å². The normalized spacial score (nSPS) is 21.5. The number of carbonyl (C=O) groups excluding carboxylic acids is 4. The molecule has 0 saturated carbocycles. The molecule has 0 bridgehead atoms. The quantitative estimate of drug-likeness (QED) is 0.182. The van der Waals surface area contributed by atoms with Crippen LogP contribution in [0.4, 0.5) is 10.6 Å². The van der Waals surface area contributed by atoms with E-state index >= 15 is 0 Å². The molecule has 1 fully saturated rings. The van der Waals surface area contributed by atoms with E-state index in [9.17, 15) is 29.5 Å². The van der Waals surface area contributed by atoms with E-state index in [1.165, 1.54) is 16.9 Å². The Labute approximate surface area is 296 Å². The van der Waals surface area contributed by atoms with E-state index in [4.69, 9.17) is 18.9 Å². The Morgan fingerprint density at radius 3 is 2.35 bits per heavy atom. The third-order valence-corrected chi connectivity index (χ3v) is 8.53. The molecule has 0 spiro atoms. The number of carbonyl (C=O) groups is 4. The number of nitrogens with one attached hydrogen (secondary N) is 2. The van der Waals surface area contributed by atoms with E-state index in [1.807, 2.05) is 26.0 Å². The lowest BCUT2D eigenvalue weighted by Crippen LogP contribution is -2.50. The van der Waals surface area contributed by atoms with Crippen LogP contribution in [0.2, 0.25) is 0 Å². The number of anilines is 1. The number of rotatable bonds is 12. The molecule has 1 aromatic carbocycles. The fraction of sp³-hybridized carbons (Fsp3) is 0.528. The number of aliphatic hydroxyl groups is 1. The van der Waals surface area contributed by atoms with E-state index in [0.717, 1.165) is 0 Å². The lowest BCUT2D eigenvalue weighted by molar-refractivity contribution is -0.163. The smallest absolute Gasteiger partial charge is 0.408 e. The minimum Gasteiger partial charge on any atom is -0.463 e. The zero-order valence-corrected chi connectivity index (χ0v) is 30.1. The maximum Gasteiger partial charge on any atom is 0.408 e. The van der Waals surface area contributed by atoms with Gasteiger partial charge in [-0.05, 0) is 50.3 Å². The van der Waals surface area contributed by atoms with E-state index < -0.39 is 66.1 Å². The highest BCUT2D eigenvalue weighted by Gasteiger charge is 2.60. The second-order valence-electron chi connectivity index (χ2n) is 14.2. The zero-order chi connectivity index (χ0) is 37.7. The van der Waals surface area contributed by atoms with Crippen molar-refractivity contribution in [1.29, 1.82) is 5.26 Å². The summed E-state index contributed by atoms with van der Waals surface area (Å²) in [6.45, 7) is 13.5. The largest absolute Gasteiger partial charge is 0.463 e. The van der Waals surface area contributed by atoms with Gasteiger partial charge in [-0.1, -0.05) is 65.0 Å². The first kappa shape index (κ1) is 38.7. The van der Waals surface area contributed by atoms with Crippen LogP contribution in [-0.4, -0.2) is 80.2 Å². The molecule has 1 aliphatic rings. The van der Waals surface area contributed by atoms with Crippen molar-refractivity contribution in [3.05, 3.63) is 60.0 Å². The van der Waals surface area contributed by atoms with Crippen molar-refractivity contribution in [2.45, 2.75) is 97.4 Å². The summed E-state index contributed by atoms with van der Waals surface area (Å²) in [6, 6.07) is 12.7. The molecule has 51 heavy (non-hydrogen) atoms. The summed E-state index contributed by atoms with van der Waals surface area (Å²) < 4.78 is 24.1. The topological polar surface area (TPSA) is 203 Å². The molecule has 1 aliphatic heterocycles. The van der Waals surface area contributed by atoms with Crippen LogP contribution in [-0.2, 0) is 45.4 Å². The molecule has 274 valence electrons. The van der Waals surface area contributed by atoms with Crippen LogP contribution < -0.4 is 10.6 Å². The van der Waals surface area contributed by atoms with Gasteiger partial charge in [0.25, 0.3) is 0 Å². The summed E-state index contributed by atoms with van der Waals surface area (Å²) >= 11 is 0. The van der Waals surface area contributed by atoms with Crippen LogP contribution in [0, 0.1) is 29.1 Å². The van der Waals surface area contributed by atoms with Crippen LogP contribution in [0.25, 0.3) is 5.52 Å². The number of nitriles is 1. The molecule has 4 rings (SSSR count). The first-order valence-electron chi connectivity index (χ1n) is 16.8. The molecule has 3 aromatic rings. The van der Waals surface area contributed by atoms with Gasteiger partial charge in [-0.25, -0.2) is 19.1 Å². The van der Waals surface area contributed by atoms with Crippen LogP contribution in [0.5, 0.6) is 0 Å². The number of alkyl carbamates (subject to hydrolysis) is 1. The van der Waals surface area contributed by atoms with Crippen molar-refractivity contribution >= 4 is 35.3 Å². The number of nitrogens with zero attached hydrogens (tertiary/aromatic N) is 4. The van der Waals surface area contributed by atoms with Gasteiger partial charge in [-0.15, -0.1) is 0 Å². The minimum absolute atomic E-state index is 0.0359. The number of aliphatic hydroxyl groups excluding tert-OH is 1. The predicted octanol–water partition coefficient (Wildman–Crippen LogP) is 3.69. The summed E-state index contributed by atoms with van der Waals surface area (Å²) in [5, 5.41) is 32.1. The zero-order valence-electron chi connectivity index (χ0n) is 30.1. The summed E-state index contributed by atoms with van der Waals surface area (Å²) in [5.41, 5.74) is -2.02. The van der Waals surface area contributed by atoms with Crippen molar-refractivity contribution in [3.63, 3.8) is 0 Å². The SMILES string of the molecule is CC(C)[C@H](NC(=O)OC(C)(C)C)C(=O)O[C@H]1[C@@H](O)[C@](C#N)(c2ccc3c(NC(=O)[C@H](C)C(C)C)ncnn23)O[C@@H]1COC(=O)Cc1ccccc1. The van der Waals surface area contributed by atoms with Gasteiger partial charge in [0, 0.05) is 5.92 Å². The van der Waals surface area contributed by atoms with Gasteiger partial charge >= 0.3 is 18.0 Å². The summed E-state index contributed by atoms with van der Waals surface area (Å²) in [4.78, 5) is 56.2. The summed E-state index contributed by atoms with van der Waals surface area (Å²) in [6.07, 6.45) is -4.48. The average Bonchev–Trinajstić information content (AvgIpc) is 3.61. The van der Waals surface area contributed by atoms with Crippen molar-refractivity contribution in [2.24, 2.45) is 17.8 Å². The van der Waals surface area contributed by atoms with Crippen molar-refractivity contribution in [1.82, 2.24) is 19.9 Å². The minimum atomic E-state index is -2.21. The molecule has 15 heteroatoms. The number of ether oxygens (including phenoxy) is 4. The fourth-order valence-electron chi connectivity index (χ4n) is 5.41. The van der Waals surface area contributed by atoms with Crippen LogP contribution >= 0.6 is 0 Å². The van der Waals surface area contributed by atoms with Crippen LogP contribution in [0.15, 0.2) is 48.8 Å². The Balaban J connectivity index is 1.67. The highest BCUT2D eigenvalue weighted by atomic mass is 16.6. The molecule has 2 amide bonds. The van der Waals surface area contributed by atoms with E-state index in [1.54, 1.807) is 71.9 Å². The van der Waals surface area contributed by atoms with Gasteiger partial charge in [0.15, 0.2) is 11.9 Å². The maximum absolute atomic E-state index is 13.6. The van der Waals surface area contributed by atoms with Gasteiger partial charge in [0.05, 0.1) is 12.1 Å². The van der Waals surface area contributed by atoms with Crippen LogP contribution in [0.1, 0.15) is 66.6 Å². The van der Waals surface area contributed by atoms with E-state index in [2.05, 4.69) is 20.7 Å². The monoisotopic (exact) mass is 706 g/mol. The maximum atomic E-state index is 13.6. The Bertz CT molecular complexity index is 1760. The Hall–Kier alpha value is -5.07. The second kappa shape index (κ2) is 15.9. The van der Waals surface area contributed by atoms with Crippen LogP contribution in [0.3, 0.4) is 0 Å². The summed E-state index contributed by atoms with van der Waals surface area (Å²) in [5.74, 6) is -2.43. The summed E-state index contributed by atoms with van der Waals surface area (Å²) in [7, 11) is 0. The molecule has 0 aliphatic carbocycles. The predicted molar refractivity (Wildman–Crippen MR) is 183 cm³/mol. The van der Waals surface area contributed by atoms with Gasteiger partial charge in [0.2, 0.25) is 11.5 Å². The standard InChI is InChI=1S/C36H46N6O9/c1-20(2)22(5)32(45)41-31-24-14-15-26(42(24)39-19-38-31)36(18-37)30(44)29(25(50-36)17-48-27(43)16-23-12-10-9-11-13-23)49-33(46)28(21(3)4)40-34(47)51-35(6,7)8/h9-15,19-22,25,28-30,44H,16-17H2,1-8H3,(H,40,47)(H,38,39,41,45)/t22-,25-,28+,29-,30-,36+/m1/s1. The fourth-order valence-corrected chi connectivity index (χ4v) is 5.41. The van der Waals surface area contributed by atoms with Gasteiger partial charge in [-0.3, -0.25) is 9.59 Å². The van der Waals surface area contributed by atoms with Gasteiger partial charge in [-0.2, -0.15) is 10.4 Å². The number of benzene rings is 1. The molecule has 15 nitrogen and oxygen atoms in total. The average molecular weight is 707 g/mol. The molecule has 0 radical (unpaired) electrons. The first-order valence-corrected chi connectivity index (χ1v) is 16.8. The Morgan fingerprint density at radius 2 is 1.75 bits per heavy atom. The number of amides is 2. The number of fused-ring (bicyclic) bond motifs is 1. The lowest BCUT2D eigenvalue weighted by atomic mass is 9.92. The number of aromatic nitrogens is 3. The first-order chi connectivity index (χ1) is 24.0. The third-order valence-electron chi connectivity index (χ3n) is 8.53. The highest BCUT2D eigenvalue weighted by molar-refractivity contribution is 5.95. The molecule has 6 atom stereocenters. The number of esters is 2. The number of hydrogen-bond acceptors (Lipinski definition) is 12. The van der Waals surface area contributed by atoms with Crippen molar-refractivity contribution < 1.29 is 43.2 Å². The molecule has 3 N–H and O–H groups in total. The van der Waals surface area contributed by atoms with E-state index in [0.29, 0.717) is 11.1 Å². The Morgan fingerprint density at radius 1 is 1.06 bits per heavy atom. The lowest BCUT2D eigenvalue weighted by Gasteiger charge is -2.28. The molecule has 0 unspecified atom stereocenters. The molecule has 1 saturated heterocycles. The van der Waals surface area contributed by atoms with Gasteiger partial charge < -0.3 is 34.7 Å². The molecular weight excluding hydrogens is 660 g/mol. The molecule has 2 aromatic heterocycles. The third kappa shape index (κ3) is 9.00. The molecular formula is C36H46N6O9. The Kier molecular flexibility index (Phi) is 12.0. The molecule has 3 heterocycles. The second-order valence-corrected chi connectivity index (χ2v) is 14.2. The van der Waals surface area contributed by atoms with Gasteiger partial charge in [0.1, 0.15) is 48.4 Å².